The van der Waals surface area contributed by atoms with Gasteiger partial charge in [-0.2, -0.15) is 5.10 Å². The number of nitrogens with zero attached hydrogens (tertiary/aromatic N) is 4. The Morgan fingerprint density at radius 2 is 1.93 bits per heavy atom. The number of amides is 1. The molecule has 7 nitrogen and oxygen atoms in total. The van der Waals surface area contributed by atoms with E-state index in [0.29, 0.717) is 34.4 Å². The van der Waals surface area contributed by atoms with E-state index in [1.165, 1.54) is 12.1 Å². The first kappa shape index (κ1) is 19.8. The lowest BCUT2D eigenvalue weighted by Gasteiger charge is -2.16. The maximum atomic E-state index is 13.3. The summed E-state index contributed by atoms with van der Waals surface area (Å²) in [6.45, 7) is 8.16. The lowest BCUT2D eigenvalue weighted by molar-refractivity contribution is 0.0937. The Hall–Kier alpha value is -3.55. The summed E-state index contributed by atoms with van der Waals surface area (Å²) >= 11 is 0. The van der Waals surface area contributed by atoms with Crippen LogP contribution in [-0.2, 0) is 6.54 Å². The molecule has 0 aliphatic carbocycles. The first-order valence-electron chi connectivity index (χ1n) is 9.66. The number of hydrogen-bond acceptors (Lipinski definition) is 5. The van der Waals surface area contributed by atoms with Crippen LogP contribution in [0.5, 0.6) is 0 Å². The number of pyridine rings is 1. The molecule has 1 aromatic carbocycles. The van der Waals surface area contributed by atoms with Crippen molar-refractivity contribution >= 4 is 17.0 Å². The van der Waals surface area contributed by atoms with Crippen LogP contribution in [0, 0.1) is 26.6 Å². The molecule has 0 bridgehead atoms. The van der Waals surface area contributed by atoms with Gasteiger partial charge in [0.2, 0.25) is 0 Å². The number of carbonyl (C=O) groups excluding carboxylic acids is 1. The summed E-state index contributed by atoms with van der Waals surface area (Å²) in [6, 6.07) is 9.45. The molecule has 0 spiro atoms. The number of aromatic nitrogens is 4. The van der Waals surface area contributed by atoms with Crippen molar-refractivity contribution in [3.05, 3.63) is 64.9 Å². The molecular formula is C22H22FN5O2. The van der Waals surface area contributed by atoms with E-state index < -0.39 is 0 Å². The third-order valence-electron chi connectivity index (χ3n) is 4.93. The molecule has 1 atom stereocenters. The maximum absolute atomic E-state index is 13.3. The molecule has 3 heterocycles. The zero-order valence-corrected chi connectivity index (χ0v) is 17.2. The van der Waals surface area contributed by atoms with Gasteiger partial charge in [-0.3, -0.25) is 9.48 Å². The maximum Gasteiger partial charge on any atom is 0.259 e. The van der Waals surface area contributed by atoms with E-state index in [9.17, 15) is 9.18 Å². The van der Waals surface area contributed by atoms with Crippen LogP contribution >= 0.6 is 0 Å². The van der Waals surface area contributed by atoms with Gasteiger partial charge in [-0.1, -0.05) is 5.16 Å². The van der Waals surface area contributed by atoms with E-state index in [1.54, 1.807) is 25.1 Å². The first-order chi connectivity index (χ1) is 14.3. The summed E-state index contributed by atoms with van der Waals surface area (Å²) < 4.78 is 20.5. The fourth-order valence-electron chi connectivity index (χ4n) is 3.51. The Kier molecular flexibility index (Phi) is 5.07. The second-order valence-electron chi connectivity index (χ2n) is 7.49. The van der Waals surface area contributed by atoms with Gasteiger partial charge in [0, 0.05) is 17.3 Å². The number of halogens is 1. The average Bonchev–Trinajstić information content (AvgIpc) is 3.23. The van der Waals surface area contributed by atoms with Gasteiger partial charge in [0.25, 0.3) is 11.6 Å². The van der Waals surface area contributed by atoms with E-state index in [1.807, 2.05) is 31.5 Å². The van der Waals surface area contributed by atoms with E-state index >= 15 is 0 Å². The highest BCUT2D eigenvalue weighted by molar-refractivity contribution is 6.07. The number of aryl methyl sites for hydroxylation is 3. The number of benzene rings is 1. The van der Waals surface area contributed by atoms with Crippen molar-refractivity contribution in [2.24, 2.45) is 0 Å². The quantitative estimate of drug-likeness (QED) is 0.541. The summed E-state index contributed by atoms with van der Waals surface area (Å²) in [5.74, 6) is -0.600. The normalized spacial score (nSPS) is 12.3. The molecule has 0 aliphatic heterocycles. The number of nitrogens with one attached hydrogen (secondary N) is 1. The smallest absolute Gasteiger partial charge is 0.259 e. The van der Waals surface area contributed by atoms with Crippen molar-refractivity contribution in [3.63, 3.8) is 0 Å². The number of carbonyl (C=O) groups is 1. The second-order valence-corrected chi connectivity index (χ2v) is 7.49. The van der Waals surface area contributed by atoms with Gasteiger partial charge in [-0.15, -0.1) is 0 Å². The molecule has 0 saturated carbocycles. The summed E-state index contributed by atoms with van der Waals surface area (Å²) in [4.78, 5) is 17.6. The lowest BCUT2D eigenvalue weighted by atomic mass is 10.0. The van der Waals surface area contributed by atoms with Crippen LogP contribution in [0.2, 0.25) is 0 Å². The van der Waals surface area contributed by atoms with Crippen LogP contribution in [0.4, 0.5) is 4.39 Å². The van der Waals surface area contributed by atoms with E-state index in [2.05, 4.69) is 20.6 Å². The van der Waals surface area contributed by atoms with Crippen LogP contribution in [0.3, 0.4) is 0 Å². The van der Waals surface area contributed by atoms with Gasteiger partial charge in [-0.25, -0.2) is 9.37 Å². The minimum Gasteiger partial charge on any atom is -0.348 e. The molecule has 30 heavy (non-hydrogen) atoms. The van der Waals surface area contributed by atoms with E-state index in [4.69, 9.17) is 4.52 Å². The van der Waals surface area contributed by atoms with Crippen LogP contribution in [0.25, 0.3) is 22.4 Å². The molecule has 1 amide bonds. The Morgan fingerprint density at radius 1 is 1.20 bits per heavy atom. The third kappa shape index (κ3) is 3.80. The highest BCUT2D eigenvalue weighted by atomic mass is 19.1. The summed E-state index contributed by atoms with van der Waals surface area (Å²) in [5, 5.41) is 12.0. The summed E-state index contributed by atoms with van der Waals surface area (Å²) in [5.41, 5.74) is 4.43. The molecule has 1 N–H and O–H groups in total. The Balaban J connectivity index is 1.66. The van der Waals surface area contributed by atoms with Gasteiger partial charge in [-0.05, 0) is 64.1 Å². The number of hydrogen-bond donors (Lipinski definition) is 1. The predicted molar refractivity (Wildman–Crippen MR) is 111 cm³/mol. The van der Waals surface area contributed by atoms with Crippen molar-refractivity contribution in [2.45, 2.75) is 40.3 Å². The molecule has 0 unspecified atom stereocenters. The largest absolute Gasteiger partial charge is 0.348 e. The summed E-state index contributed by atoms with van der Waals surface area (Å²) in [7, 11) is 0. The lowest BCUT2D eigenvalue weighted by Crippen LogP contribution is -2.36. The van der Waals surface area contributed by atoms with Gasteiger partial charge in [0.1, 0.15) is 5.82 Å². The minimum absolute atomic E-state index is 0.159. The fourth-order valence-corrected chi connectivity index (χ4v) is 3.51. The zero-order valence-electron chi connectivity index (χ0n) is 17.2. The van der Waals surface area contributed by atoms with Gasteiger partial charge < -0.3 is 9.84 Å². The number of rotatable bonds is 5. The second kappa shape index (κ2) is 7.70. The molecular weight excluding hydrogens is 385 g/mol. The Bertz CT molecular complexity index is 1230. The molecule has 4 aromatic rings. The van der Waals surface area contributed by atoms with Crippen molar-refractivity contribution in [3.8, 4) is 11.3 Å². The van der Waals surface area contributed by atoms with Crippen molar-refractivity contribution < 1.29 is 13.7 Å². The van der Waals surface area contributed by atoms with Gasteiger partial charge in [0.05, 0.1) is 34.6 Å². The third-order valence-corrected chi connectivity index (χ3v) is 4.93. The standard InChI is InChI=1S/C22H22FN5O2/c1-12-9-14(3)28(26-12)11-13(2)24-21(29)18-10-19(16-5-7-17(23)8-6-16)25-22-20(18)15(4)27-30-22/h5-10,13H,11H2,1-4H3,(H,24,29)/t13-/m0/s1. The van der Waals surface area contributed by atoms with Crippen LogP contribution in [0.1, 0.15) is 34.4 Å². The Labute approximate surface area is 172 Å². The van der Waals surface area contributed by atoms with Gasteiger partial charge in [0.15, 0.2) is 0 Å². The molecule has 4 rings (SSSR count). The SMILES string of the molecule is Cc1cc(C)n(C[C@H](C)NC(=O)c2cc(-c3ccc(F)cc3)nc3onc(C)c23)n1. The molecule has 0 saturated heterocycles. The highest BCUT2D eigenvalue weighted by Crippen LogP contribution is 2.27. The fraction of sp³-hybridized carbons (Fsp3) is 0.273. The summed E-state index contributed by atoms with van der Waals surface area (Å²) in [6.07, 6.45) is 0. The predicted octanol–water partition coefficient (Wildman–Crippen LogP) is 3.97. The topological polar surface area (TPSA) is 85.8 Å². The monoisotopic (exact) mass is 407 g/mol. The van der Waals surface area contributed by atoms with Crippen LogP contribution in [-0.4, -0.2) is 31.9 Å². The van der Waals surface area contributed by atoms with E-state index in [-0.39, 0.29) is 23.5 Å². The van der Waals surface area contributed by atoms with E-state index in [0.717, 1.165) is 11.4 Å². The first-order valence-corrected chi connectivity index (χ1v) is 9.66. The van der Waals surface area contributed by atoms with Crippen molar-refractivity contribution in [1.29, 1.82) is 0 Å². The van der Waals surface area contributed by atoms with Crippen molar-refractivity contribution in [2.75, 3.05) is 0 Å². The highest BCUT2D eigenvalue weighted by Gasteiger charge is 2.21. The van der Waals surface area contributed by atoms with Crippen molar-refractivity contribution in [1.82, 2.24) is 25.2 Å². The minimum atomic E-state index is -0.341. The molecule has 3 aromatic heterocycles. The molecule has 8 heteroatoms. The molecule has 0 aliphatic rings. The Morgan fingerprint density at radius 3 is 2.60 bits per heavy atom. The van der Waals surface area contributed by atoms with Crippen LogP contribution in [0.15, 0.2) is 40.9 Å². The van der Waals surface area contributed by atoms with Gasteiger partial charge >= 0.3 is 0 Å². The number of fused-ring (bicyclic) bond motifs is 1. The molecule has 0 fully saturated rings. The average molecular weight is 407 g/mol. The van der Waals surface area contributed by atoms with Crippen LogP contribution < -0.4 is 5.32 Å². The molecule has 154 valence electrons. The zero-order chi connectivity index (χ0) is 21.4. The molecule has 0 radical (unpaired) electrons.